The van der Waals surface area contributed by atoms with Crippen molar-refractivity contribution in [2.24, 2.45) is 13.0 Å². The van der Waals surface area contributed by atoms with Gasteiger partial charge in [0.15, 0.2) is 5.82 Å². The highest BCUT2D eigenvalue weighted by atomic mass is 19.1. The van der Waals surface area contributed by atoms with Crippen LogP contribution in [-0.2, 0) is 11.8 Å². The molecule has 0 spiro atoms. The first kappa shape index (κ1) is 12.9. The molecule has 2 aromatic rings. The molecule has 1 aromatic heterocycles. The van der Waals surface area contributed by atoms with Gasteiger partial charge in [0.1, 0.15) is 5.52 Å². The Morgan fingerprint density at radius 3 is 3.00 bits per heavy atom. The van der Waals surface area contributed by atoms with Gasteiger partial charge < -0.3 is 14.6 Å². The van der Waals surface area contributed by atoms with Gasteiger partial charge in [-0.15, -0.1) is 0 Å². The third-order valence-electron chi connectivity index (χ3n) is 3.89. The Kier molecular flexibility index (Phi) is 3.08. The fraction of sp³-hybridized carbons (Fsp3) is 0.429. The van der Waals surface area contributed by atoms with E-state index in [0.717, 1.165) is 18.5 Å². The van der Waals surface area contributed by atoms with Gasteiger partial charge in [-0.2, -0.15) is 0 Å². The summed E-state index contributed by atoms with van der Waals surface area (Å²) >= 11 is 0. The molecule has 0 amide bonds. The number of aromatic nitrogens is 2. The number of carboxylic acids is 1. The Hall–Kier alpha value is -2.11. The average Bonchev–Trinajstić information content (AvgIpc) is 2.78. The molecule has 1 aliphatic rings. The van der Waals surface area contributed by atoms with Crippen molar-refractivity contribution in [3.05, 3.63) is 24.0 Å². The first-order valence-corrected chi connectivity index (χ1v) is 6.66. The highest BCUT2D eigenvalue weighted by Crippen LogP contribution is 2.27. The zero-order chi connectivity index (χ0) is 14.3. The maximum absolute atomic E-state index is 13.8. The molecule has 1 saturated heterocycles. The minimum atomic E-state index is -0.778. The number of hydrogen-bond acceptors (Lipinski definition) is 3. The maximum atomic E-state index is 13.8. The topological polar surface area (TPSA) is 58.4 Å². The van der Waals surface area contributed by atoms with Crippen molar-refractivity contribution in [3.8, 4) is 0 Å². The molecule has 6 heteroatoms. The van der Waals surface area contributed by atoms with E-state index in [1.807, 2.05) is 22.6 Å². The molecule has 1 atom stereocenters. The summed E-state index contributed by atoms with van der Waals surface area (Å²) in [6, 6.07) is 4.85. The van der Waals surface area contributed by atoms with E-state index < -0.39 is 5.97 Å². The third-order valence-corrected chi connectivity index (χ3v) is 3.89. The molecule has 0 radical (unpaired) electrons. The van der Waals surface area contributed by atoms with E-state index in [4.69, 9.17) is 5.11 Å². The standard InChI is InChI=1S/C14H16FN3O2/c1-17-11-6-2-5-10(15)12(11)16-14(17)18-7-3-4-9(8-18)13(19)20/h2,5-6,9H,3-4,7-8H2,1H3,(H,19,20)/t9-/m0/s1. The number of nitrogens with zero attached hydrogens (tertiary/aromatic N) is 3. The molecule has 0 bridgehead atoms. The minimum absolute atomic E-state index is 0.336. The van der Waals surface area contributed by atoms with Crippen molar-refractivity contribution < 1.29 is 14.3 Å². The second-order valence-corrected chi connectivity index (χ2v) is 5.20. The molecule has 5 nitrogen and oxygen atoms in total. The van der Waals surface area contributed by atoms with Gasteiger partial charge in [-0.1, -0.05) is 6.07 Å². The summed E-state index contributed by atoms with van der Waals surface area (Å²) in [5, 5.41) is 9.14. The van der Waals surface area contributed by atoms with E-state index in [9.17, 15) is 9.18 Å². The Balaban J connectivity index is 2.00. The Morgan fingerprint density at radius 1 is 1.50 bits per heavy atom. The van der Waals surface area contributed by atoms with Crippen LogP contribution in [0.15, 0.2) is 18.2 Å². The van der Waals surface area contributed by atoms with Crippen molar-refractivity contribution in [3.63, 3.8) is 0 Å². The lowest BCUT2D eigenvalue weighted by Gasteiger charge is -2.31. The molecule has 0 unspecified atom stereocenters. The molecular formula is C14H16FN3O2. The van der Waals surface area contributed by atoms with Crippen molar-refractivity contribution in [1.29, 1.82) is 0 Å². The van der Waals surface area contributed by atoms with Gasteiger partial charge in [0, 0.05) is 20.1 Å². The number of rotatable bonds is 2. The van der Waals surface area contributed by atoms with Crippen molar-refractivity contribution >= 4 is 23.0 Å². The fourth-order valence-corrected chi connectivity index (χ4v) is 2.81. The predicted molar refractivity (Wildman–Crippen MR) is 73.2 cm³/mol. The number of benzene rings is 1. The number of aryl methyl sites for hydroxylation is 1. The molecule has 20 heavy (non-hydrogen) atoms. The normalized spacial score (nSPS) is 19.5. The molecule has 3 rings (SSSR count). The average molecular weight is 277 g/mol. The van der Waals surface area contributed by atoms with Gasteiger partial charge in [0.05, 0.1) is 11.4 Å². The lowest BCUT2D eigenvalue weighted by atomic mass is 9.99. The van der Waals surface area contributed by atoms with E-state index in [1.165, 1.54) is 6.07 Å². The van der Waals surface area contributed by atoms with E-state index in [1.54, 1.807) is 6.07 Å². The summed E-state index contributed by atoms with van der Waals surface area (Å²) in [5.74, 6) is -0.875. The third kappa shape index (κ3) is 2.01. The molecule has 1 aliphatic heterocycles. The van der Waals surface area contributed by atoms with Gasteiger partial charge in [0.2, 0.25) is 5.95 Å². The molecule has 106 valence electrons. The number of anilines is 1. The van der Waals surface area contributed by atoms with E-state index in [0.29, 0.717) is 24.4 Å². The summed E-state index contributed by atoms with van der Waals surface area (Å²) in [5.41, 5.74) is 1.06. The minimum Gasteiger partial charge on any atom is -0.481 e. The predicted octanol–water partition coefficient (Wildman–Crippen LogP) is 2.01. The van der Waals surface area contributed by atoms with E-state index in [-0.39, 0.29) is 11.7 Å². The highest BCUT2D eigenvalue weighted by Gasteiger charge is 2.28. The number of hydrogen-bond donors (Lipinski definition) is 1. The molecule has 1 fully saturated rings. The van der Waals surface area contributed by atoms with Crippen LogP contribution in [0.1, 0.15) is 12.8 Å². The quantitative estimate of drug-likeness (QED) is 0.912. The zero-order valence-electron chi connectivity index (χ0n) is 11.2. The van der Waals surface area contributed by atoms with Crippen LogP contribution in [0.2, 0.25) is 0 Å². The lowest BCUT2D eigenvalue weighted by Crippen LogP contribution is -2.39. The molecule has 2 heterocycles. The largest absolute Gasteiger partial charge is 0.481 e. The van der Waals surface area contributed by atoms with Crippen LogP contribution in [0.4, 0.5) is 10.3 Å². The molecule has 1 aromatic carbocycles. The molecular weight excluding hydrogens is 261 g/mol. The summed E-state index contributed by atoms with van der Waals surface area (Å²) in [7, 11) is 1.83. The lowest BCUT2D eigenvalue weighted by molar-refractivity contribution is -0.141. The molecule has 0 aliphatic carbocycles. The number of para-hydroxylation sites is 1. The van der Waals surface area contributed by atoms with Gasteiger partial charge in [-0.05, 0) is 25.0 Å². The van der Waals surface area contributed by atoms with Crippen molar-refractivity contribution in [1.82, 2.24) is 9.55 Å². The van der Waals surface area contributed by atoms with Crippen LogP contribution in [0.25, 0.3) is 11.0 Å². The summed E-state index contributed by atoms with van der Waals surface area (Å²) in [6.45, 7) is 1.18. The van der Waals surface area contributed by atoms with Crippen LogP contribution >= 0.6 is 0 Å². The number of piperidine rings is 1. The Morgan fingerprint density at radius 2 is 2.30 bits per heavy atom. The van der Waals surface area contributed by atoms with E-state index >= 15 is 0 Å². The summed E-state index contributed by atoms with van der Waals surface area (Å²) < 4.78 is 15.6. The number of imidazole rings is 1. The van der Waals surface area contributed by atoms with Gasteiger partial charge in [0.25, 0.3) is 0 Å². The van der Waals surface area contributed by atoms with Gasteiger partial charge >= 0.3 is 5.97 Å². The summed E-state index contributed by atoms with van der Waals surface area (Å²) in [6.07, 6.45) is 1.49. The van der Waals surface area contributed by atoms with Crippen LogP contribution < -0.4 is 4.90 Å². The second-order valence-electron chi connectivity index (χ2n) is 5.20. The van der Waals surface area contributed by atoms with E-state index in [2.05, 4.69) is 4.98 Å². The zero-order valence-corrected chi connectivity index (χ0v) is 11.2. The molecule has 1 N–H and O–H groups in total. The SMILES string of the molecule is Cn1c(N2CCC[C@H](C(=O)O)C2)nc2c(F)cccc21. The number of carbonyl (C=O) groups is 1. The van der Waals surface area contributed by atoms with Crippen molar-refractivity contribution in [2.45, 2.75) is 12.8 Å². The Bertz CT molecular complexity index is 668. The number of halogens is 1. The smallest absolute Gasteiger partial charge is 0.308 e. The summed E-state index contributed by atoms with van der Waals surface area (Å²) in [4.78, 5) is 17.4. The number of fused-ring (bicyclic) bond motifs is 1. The van der Waals surface area contributed by atoms with Crippen LogP contribution in [0.5, 0.6) is 0 Å². The van der Waals surface area contributed by atoms with Crippen LogP contribution in [0, 0.1) is 11.7 Å². The fourth-order valence-electron chi connectivity index (χ4n) is 2.81. The van der Waals surface area contributed by atoms with Gasteiger partial charge in [-0.25, -0.2) is 9.37 Å². The maximum Gasteiger partial charge on any atom is 0.308 e. The van der Waals surface area contributed by atoms with Crippen LogP contribution in [-0.4, -0.2) is 33.7 Å². The number of carboxylic acid groups (broad SMARTS) is 1. The first-order valence-electron chi connectivity index (χ1n) is 6.66. The Labute approximate surface area is 115 Å². The first-order chi connectivity index (χ1) is 9.58. The monoisotopic (exact) mass is 277 g/mol. The van der Waals surface area contributed by atoms with Gasteiger partial charge in [-0.3, -0.25) is 4.79 Å². The second kappa shape index (κ2) is 4.77. The number of aliphatic carboxylic acids is 1. The highest BCUT2D eigenvalue weighted by molar-refractivity contribution is 5.79. The van der Waals surface area contributed by atoms with Crippen molar-refractivity contribution in [2.75, 3.05) is 18.0 Å². The molecule has 0 saturated carbocycles. The van der Waals surface area contributed by atoms with Crippen LogP contribution in [0.3, 0.4) is 0 Å².